The average molecular weight is 334 g/mol. The number of fused-ring (bicyclic) bond motifs is 1. The summed E-state index contributed by atoms with van der Waals surface area (Å²) < 4.78 is 22.2. The van der Waals surface area contributed by atoms with Crippen LogP contribution < -0.4 is 0 Å². The number of amidine groups is 1. The molecule has 0 saturated carbocycles. The first-order valence-electron chi connectivity index (χ1n) is 7.02. The van der Waals surface area contributed by atoms with E-state index in [4.69, 9.17) is 18.9 Å². The molecular weight excluding hydrogens is 312 g/mol. The fourth-order valence-electron chi connectivity index (χ4n) is 2.73. The van der Waals surface area contributed by atoms with Gasteiger partial charge in [0.15, 0.2) is 5.17 Å². The van der Waals surface area contributed by atoms with Gasteiger partial charge in [-0.3, -0.25) is 9.89 Å². The zero-order chi connectivity index (χ0) is 16.3. The van der Waals surface area contributed by atoms with Crippen LogP contribution in [0.2, 0.25) is 0 Å². The van der Waals surface area contributed by atoms with E-state index >= 15 is 0 Å². The summed E-state index contributed by atoms with van der Waals surface area (Å²) in [7, 11) is 4.78. The van der Waals surface area contributed by atoms with E-state index in [0.717, 1.165) is 0 Å². The number of carboxylic acid groups (broad SMARTS) is 1. The highest BCUT2D eigenvalue weighted by molar-refractivity contribution is 8.14. The molecule has 22 heavy (non-hydrogen) atoms. The second-order valence-electron chi connectivity index (χ2n) is 4.95. The van der Waals surface area contributed by atoms with E-state index in [-0.39, 0.29) is 29.8 Å². The molecule has 0 aromatic rings. The van der Waals surface area contributed by atoms with Gasteiger partial charge in [0.2, 0.25) is 0 Å². The molecule has 0 aromatic carbocycles. The van der Waals surface area contributed by atoms with Gasteiger partial charge in [-0.1, -0.05) is 11.8 Å². The quantitative estimate of drug-likeness (QED) is 0.797. The molecule has 5 atom stereocenters. The summed E-state index contributed by atoms with van der Waals surface area (Å²) in [6.45, 7) is 2.46. The van der Waals surface area contributed by atoms with Crippen molar-refractivity contribution >= 4 is 23.0 Å². The van der Waals surface area contributed by atoms with Gasteiger partial charge in [-0.15, -0.1) is 0 Å². The van der Waals surface area contributed by atoms with Gasteiger partial charge in [0.1, 0.15) is 29.8 Å². The minimum absolute atomic E-state index is 0.289. The molecule has 0 bridgehead atoms. The number of thioether (sulfide) groups is 1. The van der Waals surface area contributed by atoms with Crippen LogP contribution in [0.5, 0.6) is 0 Å². The molecule has 2 aliphatic rings. The summed E-state index contributed by atoms with van der Waals surface area (Å²) in [6.07, 6.45) is -1.96. The first-order chi connectivity index (χ1) is 10.6. The third-order valence-corrected chi connectivity index (χ3v) is 4.91. The predicted octanol–water partition coefficient (Wildman–Crippen LogP) is 0.859. The number of rotatable bonds is 5. The fraction of sp³-hybridized carbons (Fsp3) is 0.846. The maximum atomic E-state index is 11.3. The molecule has 0 unspecified atom stereocenters. The van der Waals surface area contributed by atoms with Crippen molar-refractivity contribution in [1.29, 1.82) is 0 Å². The Morgan fingerprint density at radius 3 is 2.55 bits per heavy atom. The summed E-state index contributed by atoms with van der Waals surface area (Å²) in [6, 6.07) is -0.309. The van der Waals surface area contributed by atoms with Crippen LogP contribution in [0.1, 0.15) is 6.92 Å². The number of amides is 1. The molecule has 2 aliphatic heterocycles. The van der Waals surface area contributed by atoms with Crippen LogP contribution in [-0.2, 0) is 18.9 Å². The van der Waals surface area contributed by atoms with Gasteiger partial charge in [0, 0.05) is 27.9 Å². The fourth-order valence-corrected chi connectivity index (χ4v) is 4.01. The molecule has 0 spiro atoms. The molecule has 1 fully saturated rings. The van der Waals surface area contributed by atoms with Crippen molar-refractivity contribution in [3.8, 4) is 0 Å². The van der Waals surface area contributed by atoms with Crippen molar-refractivity contribution in [3.05, 3.63) is 0 Å². The predicted molar refractivity (Wildman–Crippen MR) is 81.3 cm³/mol. The van der Waals surface area contributed by atoms with Gasteiger partial charge in [0.05, 0.1) is 6.61 Å². The van der Waals surface area contributed by atoms with Crippen molar-refractivity contribution in [1.82, 2.24) is 4.90 Å². The molecule has 9 heteroatoms. The Labute approximate surface area is 133 Å². The lowest BCUT2D eigenvalue weighted by atomic mass is 9.98. The third-order valence-electron chi connectivity index (χ3n) is 3.75. The lowest BCUT2D eigenvalue weighted by molar-refractivity contribution is -0.185. The van der Waals surface area contributed by atoms with Crippen LogP contribution in [0.4, 0.5) is 4.79 Å². The SMILES string of the molecule is CCN(C(=O)O)C1=N[C@@H]2[C@@H](OC)[C@H](OC)[C@@H](COC)O[C@@H]2S1. The Kier molecular flexibility index (Phi) is 6.04. The molecule has 0 radical (unpaired) electrons. The lowest BCUT2D eigenvalue weighted by Gasteiger charge is -2.41. The van der Waals surface area contributed by atoms with Gasteiger partial charge < -0.3 is 24.1 Å². The lowest BCUT2D eigenvalue weighted by Crippen LogP contribution is -2.57. The van der Waals surface area contributed by atoms with Gasteiger partial charge in [-0.25, -0.2) is 4.79 Å². The first-order valence-corrected chi connectivity index (χ1v) is 7.90. The topological polar surface area (TPSA) is 89.8 Å². The number of hydrogen-bond acceptors (Lipinski definition) is 7. The zero-order valence-corrected chi connectivity index (χ0v) is 13.9. The molecule has 126 valence electrons. The van der Waals surface area contributed by atoms with E-state index in [2.05, 4.69) is 4.99 Å². The molecule has 2 rings (SSSR count). The van der Waals surface area contributed by atoms with Crippen molar-refractivity contribution in [2.24, 2.45) is 4.99 Å². The molecule has 0 aliphatic carbocycles. The molecule has 8 nitrogen and oxygen atoms in total. The molecular formula is C13H22N2O6S. The van der Waals surface area contributed by atoms with Crippen LogP contribution in [-0.4, -0.2) is 85.5 Å². The third kappa shape index (κ3) is 3.23. The maximum Gasteiger partial charge on any atom is 0.413 e. The summed E-state index contributed by atoms with van der Waals surface area (Å²) in [5.74, 6) is 0. The van der Waals surface area contributed by atoms with Crippen LogP contribution in [0.25, 0.3) is 0 Å². The number of methoxy groups -OCH3 is 3. The van der Waals surface area contributed by atoms with Crippen LogP contribution in [0, 0.1) is 0 Å². The standard InChI is InChI=1S/C13H22N2O6S/c1-5-15(13(16)17)12-14-8-10(20-4)9(19-3)7(6-18-2)21-11(8)22-12/h7-11H,5-6H2,1-4H3,(H,16,17)/t7-,8-,9-,10-,11-/m1/s1. The Morgan fingerprint density at radius 1 is 1.36 bits per heavy atom. The van der Waals surface area contributed by atoms with Gasteiger partial charge in [-0.05, 0) is 6.92 Å². The first kappa shape index (κ1) is 17.5. The van der Waals surface area contributed by atoms with Crippen LogP contribution >= 0.6 is 11.8 Å². The average Bonchev–Trinajstić information content (AvgIpc) is 2.89. The Balaban J connectivity index is 2.22. The Morgan fingerprint density at radius 2 is 2.05 bits per heavy atom. The Hall–Kier alpha value is -0.870. The molecule has 0 aromatic heterocycles. The highest BCUT2D eigenvalue weighted by Crippen LogP contribution is 2.39. The maximum absolute atomic E-state index is 11.3. The highest BCUT2D eigenvalue weighted by atomic mass is 32.2. The van der Waals surface area contributed by atoms with E-state index < -0.39 is 6.09 Å². The largest absolute Gasteiger partial charge is 0.465 e. The van der Waals surface area contributed by atoms with Crippen molar-refractivity contribution in [3.63, 3.8) is 0 Å². The number of aliphatic imine (C=N–C) groups is 1. The monoisotopic (exact) mass is 334 g/mol. The number of carbonyl (C=O) groups is 1. The number of nitrogens with zero attached hydrogens (tertiary/aromatic N) is 2. The van der Waals surface area contributed by atoms with Crippen LogP contribution in [0.3, 0.4) is 0 Å². The van der Waals surface area contributed by atoms with E-state index in [1.165, 1.54) is 16.7 Å². The van der Waals surface area contributed by atoms with E-state index in [0.29, 0.717) is 18.3 Å². The van der Waals surface area contributed by atoms with E-state index in [1.807, 2.05) is 0 Å². The van der Waals surface area contributed by atoms with Gasteiger partial charge in [-0.2, -0.15) is 0 Å². The second kappa shape index (κ2) is 7.60. The molecule has 1 saturated heterocycles. The summed E-state index contributed by atoms with van der Waals surface area (Å²) in [4.78, 5) is 17.0. The second-order valence-corrected chi connectivity index (χ2v) is 6.01. The summed E-state index contributed by atoms with van der Waals surface area (Å²) in [5.41, 5.74) is -0.306. The molecule has 1 amide bonds. The van der Waals surface area contributed by atoms with Crippen molar-refractivity contribution in [2.45, 2.75) is 36.7 Å². The number of hydrogen-bond donors (Lipinski definition) is 1. The van der Waals surface area contributed by atoms with Crippen LogP contribution in [0.15, 0.2) is 4.99 Å². The smallest absolute Gasteiger partial charge is 0.413 e. The minimum Gasteiger partial charge on any atom is -0.465 e. The summed E-state index contributed by atoms with van der Waals surface area (Å²) in [5, 5.41) is 9.67. The minimum atomic E-state index is -1.03. The van der Waals surface area contributed by atoms with Crippen molar-refractivity contribution in [2.75, 3.05) is 34.5 Å². The van der Waals surface area contributed by atoms with E-state index in [9.17, 15) is 9.90 Å². The molecule has 2 heterocycles. The van der Waals surface area contributed by atoms with Gasteiger partial charge in [0.25, 0.3) is 0 Å². The zero-order valence-electron chi connectivity index (χ0n) is 13.1. The Bertz CT molecular complexity index is 435. The summed E-state index contributed by atoms with van der Waals surface area (Å²) >= 11 is 1.30. The van der Waals surface area contributed by atoms with Crippen molar-refractivity contribution < 1.29 is 28.8 Å². The number of ether oxygens (including phenoxy) is 4. The molecule has 1 N–H and O–H groups in total. The van der Waals surface area contributed by atoms with E-state index in [1.54, 1.807) is 28.3 Å². The van der Waals surface area contributed by atoms with Gasteiger partial charge >= 0.3 is 6.09 Å². The highest BCUT2D eigenvalue weighted by Gasteiger charge is 2.50. The normalized spacial score (nSPS) is 34.2.